The minimum absolute atomic E-state index is 0.276. The van der Waals surface area contributed by atoms with Crippen LogP contribution in [0.25, 0.3) is 11.1 Å². The summed E-state index contributed by atoms with van der Waals surface area (Å²) in [5.41, 5.74) is 1.60. The molecule has 0 bridgehead atoms. The van der Waals surface area contributed by atoms with Crippen molar-refractivity contribution in [2.24, 2.45) is 0 Å². The van der Waals surface area contributed by atoms with Crippen LogP contribution in [-0.2, 0) is 9.53 Å². The predicted molar refractivity (Wildman–Crippen MR) is 104 cm³/mol. The highest BCUT2D eigenvalue weighted by Gasteiger charge is 2.15. The lowest BCUT2D eigenvalue weighted by molar-refractivity contribution is -0.150. The van der Waals surface area contributed by atoms with Crippen LogP contribution in [0.5, 0.6) is 11.5 Å². The number of benzene rings is 2. The van der Waals surface area contributed by atoms with E-state index in [9.17, 15) is 9.18 Å². The van der Waals surface area contributed by atoms with Crippen molar-refractivity contribution in [1.82, 2.24) is 0 Å². The van der Waals surface area contributed by atoms with Gasteiger partial charge in [0.05, 0.1) is 13.2 Å². The van der Waals surface area contributed by atoms with Gasteiger partial charge in [0.2, 0.25) is 0 Å². The third-order valence-corrected chi connectivity index (χ3v) is 4.06. The summed E-state index contributed by atoms with van der Waals surface area (Å²) in [6, 6.07) is 12.1. The van der Waals surface area contributed by atoms with E-state index >= 15 is 0 Å². The quantitative estimate of drug-likeness (QED) is 0.413. The van der Waals surface area contributed by atoms with Crippen molar-refractivity contribution < 1.29 is 23.4 Å². The first-order valence-electron chi connectivity index (χ1n) is 9.41. The molecule has 0 saturated heterocycles. The molecule has 0 aliphatic carbocycles. The van der Waals surface area contributed by atoms with Crippen LogP contribution in [0.4, 0.5) is 4.39 Å². The van der Waals surface area contributed by atoms with Crippen LogP contribution in [0.15, 0.2) is 42.5 Å². The Balaban J connectivity index is 2.00. The molecule has 4 nitrogen and oxygen atoms in total. The largest absolute Gasteiger partial charge is 0.491 e. The van der Waals surface area contributed by atoms with Crippen molar-refractivity contribution in [2.75, 3.05) is 13.2 Å². The van der Waals surface area contributed by atoms with Crippen molar-refractivity contribution in [3.8, 4) is 22.6 Å². The molecule has 2 aromatic rings. The second-order valence-corrected chi connectivity index (χ2v) is 6.24. The summed E-state index contributed by atoms with van der Waals surface area (Å²) in [6.07, 6.45) is 2.41. The van der Waals surface area contributed by atoms with Crippen LogP contribution in [-0.4, -0.2) is 25.3 Å². The van der Waals surface area contributed by atoms with Crippen molar-refractivity contribution in [3.05, 3.63) is 48.3 Å². The molecule has 1 atom stereocenters. The van der Waals surface area contributed by atoms with Gasteiger partial charge in [0.15, 0.2) is 17.7 Å². The monoisotopic (exact) mass is 374 g/mol. The summed E-state index contributed by atoms with van der Waals surface area (Å²) >= 11 is 0. The van der Waals surface area contributed by atoms with E-state index in [2.05, 4.69) is 6.92 Å². The Labute approximate surface area is 160 Å². The van der Waals surface area contributed by atoms with Crippen LogP contribution < -0.4 is 9.47 Å². The number of ether oxygens (including phenoxy) is 3. The smallest absolute Gasteiger partial charge is 0.347 e. The molecule has 0 saturated carbocycles. The second-order valence-electron chi connectivity index (χ2n) is 6.24. The molecule has 0 radical (unpaired) electrons. The normalized spacial score (nSPS) is 11.7. The number of hydrogen-bond acceptors (Lipinski definition) is 4. The lowest BCUT2D eigenvalue weighted by atomic mass is 10.1. The van der Waals surface area contributed by atoms with Gasteiger partial charge in [-0.2, -0.15) is 0 Å². The van der Waals surface area contributed by atoms with Crippen molar-refractivity contribution >= 4 is 5.97 Å². The molecule has 1 unspecified atom stereocenters. The van der Waals surface area contributed by atoms with Crippen molar-refractivity contribution in [3.63, 3.8) is 0 Å². The van der Waals surface area contributed by atoms with E-state index < -0.39 is 12.1 Å². The lowest BCUT2D eigenvalue weighted by Crippen LogP contribution is -2.25. The first kappa shape index (κ1) is 20.7. The maximum Gasteiger partial charge on any atom is 0.347 e. The summed E-state index contributed by atoms with van der Waals surface area (Å²) in [5, 5.41) is 0. The van der Waals surface area contributed by atoms with Gasteiger partial charge in [0.25, 0.3) is 0 Å². The third-order valence-electron chi connectivity index (χ3n) is 4.06. The predicted octanol–water partition coefficient (Wildman–Crippen LogP) is 5.39. The number of rotatable bonds is 10. The van der Waals surface area contributed by atoms with Gasteiger partial charge in [0, 0.05) is 0 Å². The maximum absolute atomic E-state index is 14.3. The van der Waals surface area contributed by atoms with E-state index in [1.165, 1.54) is 6.07 Å². The molecule has 0 aliphatic rings. The van der Waals surface area contributed by atoms with Gasteiger partial charge in [-0.25, -0.2) is 9.18 Å². The number of unbranched alkanes of at least 4 members (excludes halogenated alkanes) is 2. The third kappa shape index (κ3) is 6.27. The highest BCUT2D eigenvalue weighted by atomic mass is 19.1. The molecule has 0 N–H and O–H groups in total. The van der Waals surface area contributed by atoms with E-state index in [1.807, 2.05) is 18.2 Å². The second kappa shape index (κ2) is 10.6. The van der Waals surface area contributed by atoms with Gasteiger partial charge in [-0.3, -0.25) is 0 Å². The number of carbonyl (C=O) groups excluding carboxylic acids is 1. The fraction of sp³-hybridized carbons (Fsp3) is 0.409. The molecule has 2 aromatic carbocycles. The first-order chi connectivity index (χ1) is 13.0. The Kier molecular flexibility index (Phi) is 8.11. The summed E-state index contributed by atoms with van der Waals surface area (Å²) in [5.74, 6) is 0.0483. The van der Waals surface area contributed by atoms with Crippen molar-refractivity contribution in [2.45, 2.75) is 46.1 Å². The standard InChI is InChI=1S/C22H27FO4/c1-4-6-7-14-26-21-13-10-18(15-20(21)23)17-8-11-19(12-9-17)27-16(3)22(24)25-5-2/h8-13,15-16H,4-7,14H2,1-3H3. The van der Waals surface area contributed by atoms with E-state index in [4.69, 9.17) is 14.2 Å². The summed E-state index contributed by atoms with van der Waals surface area (Å²) in [4.78, 5) is 11.6. The molecule has 0 amide bonds. The molecular weight excluding hydrogens is 347 g/mol. The average molecular weight is 374 g/mol. The minimum atomic E-state index is -0.683. The van der Waals surface area contributed by atoms with Crippen LogP contribution in [0.3, 0.4) is 0 Å². The molecular formula is C22H27FO4. The minimum Gasteiger partial charge on any atom is -0.491 e. The fourth-order valence-electron chi connectivity index (χ4n) is 2.57. The lowest BCUT2D eigenvalue weighted by Gasteiger charge is -2.14. The summed E-state index contributed by atoms with van der Waals surface area (Å²) < 4.78 is 30.2. The zero-order valence-corrected chi connectivity index (χ0v) is 16.2. The van der Waals surface area contributed by atoms with Crippen LogP contribution in [0, 0.1) is 5.82 Å². The van der Waals surface area contributed by atoms with Crippen LogP contribution in [0.1, 0.15) is 40.0 Å². The van der Waals surface area contributed by atoms with Gasteiger partial charge in [0.1, 0.15) is 5.75 Å². The highest BCUT2D eigenvalue weighted by molar-refractivity contribution is 5.74. The molecule has 0 heterocycles. The number of carbonyl (C=O) groups is 1. The molecule has 0 spiro atoms. The summed E-state index contributed by atoms with van der Waals surface area (Å²) in [6.45, 7) is 6.34. The van der Waals surface area contributed by atoms with Gasteiger partial charge in [-0.05, 0) is 55.7 Å². The van der Waals surface area contributed by atoms with Gasteiger partial charge >= 0.3 is 5.97 Å². The number of esters is 1. The maximum atomic E-state index is 14.3. The molecule has 5 heteroatoms. The Bertz CT molecular complexity index is 728. The molecule has 2 rings (SSSR count). The van der Waals surface area contributed by atoms with E-state index in [-0.39, 0.29) is 11.6 Å². The number of hydrogen-bond donors (Lipinski definition) is 0. The van der Waals surface area contributed by atoms with Gasteiger partial charge in [-0.15, -0.1) is 0 Å². The van der Waals surface area contributed by atoms with Crippen LogP contribution >= 0.6 is 0 Å². The Morgan fingerprint density at radius 3 is 2.37 bits per heavy atom. The zero-order valence-electron chi connectivity index (χ0n) is 16.2. The van der Waals surface area contributed by atoms with Gasteiger partial charge in [-0.1, -0.05) is 38.0 Å². The topological polar surface area (TPSA) is 44.8 Å². The Morgan fingerprint density at radius 1 is 1.04 bits per heavy atom. The SMILES string of the molecule is CCCCCOc1ccc(-c2ccc(OC(C)C(=O)OCC)cc2)cc1F. The molecule has 0 aliphatic heterocycles. The van der Waals surface area contributed by atoms with Crippen LogP contribution in [0.2, 0.25) is 0 Å². The first-order valence-corrected chi connectivity index (χ1v) is 9.41. The Morgan fingerprint density at radius 2 is 1.74 bits per heavy atom. The van der Waals surface area contributed by atoms with Gasteiger partial charge < -0.3 is 14.2 Å². The number of halogens is 1. The van der Waals surface area contributed by atoms with E-state index in [0.29, 0.717) is 19.0 Å². The molecule has 0 aromatic heterocycles. The van der Waals surface area contributed by atoms with E-state index in [1.54, 1.807) is 32.0 Å². The van der Waals surface area contributed by atoms with E-state index in [0.717, 1.165) is 30.4 Å². The molecule has 146 valence electrons. The van der Waals surface area contributed by atoms with Crippen molar-refractivity contribution in [1.29, 1.82) is 0 Å². The zero-order chi connectivity index (χ0) is 19.6. The highest BCUT2D eigenvalue weighted by Crippen LogP contribution is 2.27. The Hall–Kier alpha value is -2.56. The summed E-state index contributed by atoms with van der Waals surface area (Å²) in [7, 11) is 0. The fourth-order valence-corrected chi connectivity index (χ4v) is 2.57. The molecule has 27 heavy (non-hydrogen) atoms. The average Bonchev–Trinajstić information content (AvgIpc) is 2.67. The molecule has 0 fully saturated rings.